The second-order valence-electron chi connectivity index (χ2n) is 7.86. The molecule has 0 radical (unpaired) electrons. The maximum absolute atomic E-state index is 15.1. The number of halogens is 1. The summed E-state index contributed by atoms with van der Waals surface area (Å²) in [6.45, 7) is 2.05. The minimum absolute atomic E-state index is 0.0879. The molecule has 5 aliphatic rings. The highest BCUT2D eigenvalue weighted by molar-refractivity contribution is 6.38. The molecule has 0 bridgehead atoms. The van der Waals surface area contributed by atoms with Crippen LogP contribution in [-0.2, 0) is 14.3 Å². The van der Waals surface area contributed by atoms with Crippen LogP contribution in [0.2, 0.25) is 0 Å². The van der Waals surface area contributed by atoms with Gasteiger partial charge < -0.3 is 19.9 Å². The van der Waals surface area contributed by atoms with Gasteiger partial charge in [0.1, 0.15) is 23.8 Å². The average molecular weight is 389 g/mol. The Morgan fingerprint density at radius 3 is 2.93 bits per heavy atom. The Labute approximate surface area is 160 Å². The van der Waals surface area contributed by atoms with Crippen LogP contribution in [0.3, 0.4) is 0 Å². The van der Waals surface area contributed by atoms with Crippen LogP contribution in [0.25, 0.3) is 0 Å². The van der Waals surface area contributed by atoms with Gasteiger partial charge in [-0.15, -0.1) is 0 Å². The van der Waals surface area contributed by atoms with E-state index in [1.807, 2.05) is 0 Å². The molecule has 0 aromatic heterocycles. The predicted molar refractivity (Wildman–Crippen MR) is 94.7 cm³/mol. The molecule has 0 spiro atoms. The Morgan fingerprint density at radius 2 is 2.21 bits per heavy atom. The minimum atomic E-state index is -1.62. The number of hydrogen-bond donors (Lipinski definition) is 2. The number of nitrogens with one attached hydrogen (secondary N) is 1. The Kier molecular flexibility index (Phi) is 3.84. The van der Waals surface area contributed by atoms with Gasteiger partial charge in [0.2, 0.25) is 0 Å². The van der Waals surface area contributed by atoms with Crippen molar-refractivity contribution >= 4 is 18.0 Å². The van der Waals surface area contributed by atoms with Gasteiger partial charge in [-0.2, -0.15) is 0 Å². The van der Waals surface area contributed by atoms with Gasteiger partial charge in [0.15, 0.2) is 6.10 Å². The van der Waals surface area contributed by atoms with Crippen LogP contribution in [0.5, 0.6) is 0 Å². The molecule has 2 fully saturated rings. The van der Waals surface area contributed by atoms with E-state index in [0.29, 0.717) is 5.70 Å². The number of allylic oxidation sites excluding steroid dienone is 2. The fourth-order valence-electron chi connectivity index (χ4n) is 4.41. The zero-order chi connectivity index (χ0) is 19.6. The molecular formula is C19H20FN3O5. The number of carboxylic acid groups (broad SMARTS) is 1. The standard InChI is InChI=1S/C19H20FN3O5/c1-8-2-3-10-6-11(20)15-16(14(10)21-8)27-7-12-13(9-4-5-9)22-17(28-19(25)26)18(24)23(12)15/h6-9,13-14,16,21H,2-5H2,1H3,(H,25,26). The molecule has 2 aliphatic carbocycles. The summed E-state index contributed by atoms with van der Waals surface area (Å²) in [6, 6.07) is -0.495. The summed E-state index contributed by atoms with van der Waals surface area (Å²) in [4.78, 5) is 29.4. The van der Waals surface area contributed by atoms with Crippen LogP contribution < -0.4 is 5.32 Å². The number of hydrogen-bond acceptors (Lipinski definition) is 6. The third-order valence-corrected chi connectivity index (χ3v) is 5.89. The number of rotatable bonds is 1. The Hall–Kier alpha value is -2.68. The summed E-state index contributed by atoms with van der Waals surface area (Å²) in [7, 11) is 0. The van der Waals surface area contributed by atoms with E-state index in [1.165, 1.54) is 17.2 Å². The zero-order valence-corrected chi connectivity index (χ0v) is 15.2. The fourth-order valence-corrected chi connectivity index (χ4v) is 4.41. The van der Waals surface area contributed by atoms with Crippen molar-refractivity contribution in [2.24, 2.45) is 10.9 Å². The molecule has 3 aliphatic heterocycles. The molecule has 9 heteroatoms. The van der Waals surface area contributed by atoms with E-state index >= 15 is 4.39 Å². The van der Waals surface area contributed by atoms with Crippen molar-refractivity contribution in [1.82, 2.24) is 10.2 Å². The van der Waals surface area contributed by atoms with Crippen LogP contribution in [-0.4, -0.2) is 52.2 Å². The maximum Gasteiger partial charge on any atom is 0.512 e. The molecule has 148 valence electrons. The van der Waals surface area contributed by atoms with E-state index in [9.17, 15) is 9.59 Å². The Bertz CT molecular complexity index is 888. The van der Waals surface area contributed by atoms with Gasteiger partial charge in [0.25, 0.3) is 5.90 Å². The topological polar surface area (TPSA) is 100 Å². The lowest BCUT2D eigenvalue weighted by Gasteiger charge is -2.46. The van der Waals surface area contributed by atoms with E-state index in [1.54, 1.807) is 0 Å². The van der Waals surface area contributed by atoms with Gasteiger partial charge in [0.05, 0.1) is 11.7 Å². The van der Waals surface area contributed by atoms with Gasteiger partial charge in [-0.3, -0.25) is 9.69 Å². The monoisotopic (exact) mass is 389 g/mol. The molecular weight excluding hydrogens is 369 g/mol. The fraction of sp³-hybridized carbons (Fsp3) is 0.526. The largest absolute Gasteiger partial charge is 0.512 e. The van der Waals surface area contributed by atoms with Crippen LogP contribution in [0.1, 0.15) is 32.6 Å². The quantitative estimate of drug-likeness (QED) is 0.667. The molecule has 1 saturated heterocycles. The van der Waals surface area contributed by atoms with Gasteiger partial charge in [0, 0.05) is 6.04 Å². The number of piperidine rings is 1. The Balaban J connectivity index is 1.59. The number of carbonyl (C=O) groups is 2. The molecule has 4 unspecified atom stereocenters. The number of fused-ring (bicyclic) bond motifs is 5. The number of ether oxygens (including phenoxy) is 2. The summed E-state index contributed by atoms with van der Waals surface area (Å²) in [5.41, 5.74) is 1.43. The smallest absolute Gasteiger partial charge is 0.488 e. The molecule has 5 rings (SSSR count). The summed E-state index contributed by atoms with van der Waals surface area (Å²) < 4.78 is 25.7. The van der Waals surface area contributed by atoms with Gasteiger partial charge in [-0.05, 0) is 50.2 Å². The van der Waals surface area contributed by atoms with Crippen molar-refractivity contribution in [3.8, 4) is 0 Å². The first-order valence-electron chi connectivity index (χ1n) is 9.48. The normalized spacial score (nSPS) is 34.3. The predicted octanol–water partition coefficient (Wildman–Crippen LogP) is 2.20. The SMILES string of the molecule is CC1CCC2=CC(F)=C3C(OC=C4C(C5CC5)N=C(OC(=O)O)C(=O)N43)C2N1. The lowest BCUT2D eigenvalue weighted by molar-refractivity contribution is -0.125. The molecule has 1 saturated carbocycles. The average Bonchev–Trinajstić information content (AvgIpc) is 3.49. The highest BCUT2D eigenvalue weighted by atomic mass is 19.1. The molecule has 2 N–H and O–H groups in total. The van der Waals surface area contributed by atoms with E-state index in [0.717, 1.165) is 31.3 Å². The molecule has 0 aromatic carbocycles. The molecule has 3 heterocycles. The molecule has 1 amide bonds. The van der Waals surface area contributed by atoms with Crippen molar-refractivity contribution in [1.29, 1.82) is 0 Å². The lowest BCUT2D eigenvalue weighted by Crippen LogP contribution is -2.58. The van der Waals surface area contributed by atoms with Crippen LogP contribution in [0.15, 0.2) is 40.1 Å². The van der Waals surface area contributed by atoms with Crippen molar-refractivity contribution in [3.63, 3.8) is 0 Å². The highest BCUT2D eigenvalue weighted by Gasteiger charge is 2.51. The highest BCUT2D eigenvalue weighted by Crippen LogP contribution is 2.46. The van der Waals surface area contributed by atoms with Crippen LogP contribution in [0.4, 0.5) is 9.18 Å². The van der Waals surface area contributed by atoms with Gasteiger partial charge in [-0.25, -0.2) is 14.2 Å². The summed E-state index contributed by atoms with van der Waals surface area (Å²) >= 11 is 0. The summed E-state index contributed by atoms with van der Waals surface area (Å²) in [5.74, 6) is -1.70. The van der Waals surface area contributed by atoms with Gasteiger partial charge >= 0.3 is 12.1 Å². The zero-order valence-electron chi connectivity index (χ0n) is 15.2. The first kappa shape index (κ1) is 17.4. The first-order valence-corrected chi connectivity index (χ1v) is 9.48. The third-order valence-electron chi connectivity index (χ3n) is 5.89. The van der Waals surface area contributed by atoms with E-state index in [4.69, 9.17) is 9.84 Å². The molecule has 28 heavy (non-hydrogen) atoms. The van der Waals surface area contributed by atoms with Crippen LogP contribution >= 0.6 is 0 Å². The maximum atomic E-state index is 15.1. The van der Waals surface area contributed by atoms with Crippen molar-refractivity contribution < 1.29 is 28.6 Å². The van der Waals surface area contributed by atoms with Crippen molar-refractivity contribution in [2.45, 2.75) is 56.8 Å². The lowest BCUT2D eigenvalue weighted by atomic mass is 9.84. The number of nitrogens with zero attached hydrogens (tertiary/aromatic N) is 2. The van der Waals surface area contributed by atoms with E-state index in [-0.39, 0.29) is 23.7 Å². The van der Waals surface area contributed by atoms with E-state index < -0.39 is 35.9 Å². The Morgan fingerprint density at radius 1 is 1.43 bits per heavy atom. The summed E-state index contributed by atoms with van der Waals surface area (Å²) in [5, 5.41) is 12.4. The number of aliphatic imine (C=N–C) groups is 1. The first-order chi connectivity index (χ1) is 13.4. The second kappa shape index (κ2) is 6.16. The van der Waals surface area contributed by atoms with E-state index in [2.05, 4.69) is 22.0 Å². The minimum Gasteiger partial charge on any atom is -0.488 e. The van der Waals surface area contributed by atoms with Crippen molar-refractivity contribution in [2.75, 3.05) is 0 Å². The van der Waals surface area contributed by atoms with Gasteiger partial charge in [-0.1, -0.05) is 0 Å². The summed E-state index contributed by atoms with van der Waals surface area (Å²) in [6.07, 6.45) is 4.05. The molecule has 0 aromatic rings. The third kappa shape index (κ3) is 2.64. The van der Waals surface area contributed by atoms with Crippen molar-refractivity contribution in [3.05, 3.63) is 35.1 Å². The molecule has 8 nitrogen and oxygen atoms in total. The second-order valence-corrected chi connectivity index (χ2v) is 7.86. The molecule has 4 atom stereocenters. The number of carbonyl (C=O) groups excluding carboxylic acids is 1. The van der Waals surface area contributed by atoms with Crippen LogP contribution in [0, 0.1) is 5.92 Å². The number of amides is 1.